The number of nitrogens with zero attached hydrogens (tertiary/aromatic N) is 2. The smallest absolute Gasteiger partial charge is 0.417 e. The van der Waals surface area contributed by atoms with Crippen LogP contribution in [-0.4, -0.2) is 59.2 Å². The Morgan fingerprint density at radius 1 is 1.17 bits per heavy atom. The van der Waals surface area contributed by atoms with Gasteiger partial charge in [0.15, 0.2) is 0 Å². The summed E-state index contributed by atoms with van der Waals surface area (Å²) in [5.74, 6) is -0.462. The second-order valence-electron chi connectivity index (χ2n) is 8.86. The zero-order valence-corrected chi connectivity index (χ0v) is 17.9. The third-order valence-corrected chi connectivity index (χ3v) is 5.41. The molecule has 2 fully saturated rings. The van der Waals surface area contributed by atoms with Crippen molar-refractivity contribution >= 4 is 18.1 Å². The van der Waals surface area contributed by atoms with E-state index in [1.807, 2.05) is 51.1 Å². The molecule has 7 nitrogen and oxygen atoms in total. The first kappa shape index (κ1) is 21.9. The summed E-state index contributed by atoms with van der Waals surface area (Å²) in [5.41, 5.74) is 0.891. The number of ether oxygens (including phenoxy) is 2. The molecule has 0 radical (unpaired) electrons. The molecular formula is C23H30N2O5. The van der Waals surface area contributed by atoms with Gasteiger partial charge in [-0.25, -0.2) is 14.5 Å². The van der Waals surface area contributed by atoms with E-state index in [1.165, 1.54) is 4.90 Å². The summed E-state index contributed by atoms with van der Waals surface area (Å²) in [5, 5.41) is 0. The van der Waals surface area contributed by atoms with Gasteiger partial charge in [0.25, 0.3) is 5.91 Å². The van der Waals surface area contributed by atoms with Gasteiger partial charge in [0, 0.05) is 18.7 Å². The molecule has 2 heterocycles. The molecular weight excluding hydrogens is 384 g/mol. The number of cyclic esters (lactones) is 1. The Hall–Kier alpha value is -2.83. The highest BCUT2D eigenvalue weighted by molar-refractivity contribution is 6.03. The summed E-state index contributed by atoms with van der Waals surface area (Å²) in [7, 11) is 0. The minimum Gasteiger partial charge on any atom is -0.447 e. The lowest BCUT2D eigenvalue weighted by Crippen LogP contribution is -2.45. The number of amides is 3. The molecule has 2 saturated heterocycles. The van der Waals surface area contributed by atoms with Crippen LogP contribution in [0.15, 0.2) is 42.5 Å². The van der Waals surface area contributed by atoms with Crippen molar-refractivity contribution in [1.82, 2.24) is 9.80 Å². The topological polar surface area (TPSA) is 76.2 Å². The van der Waals surface area contributed by atoms with Crippen molar-refractivity contribution in [2.45, 2.75) is 51.7 Å². The van der Waals surface area contributed by atoms with Gasteiger partial charge in [-0.3, -0.25) is 4.79 Å². The average molecular weight is 415 g/mol. The zero-order chi connectivity index (χ0) is 21.9. The lowest BCUT2D eigenvalue weighted by atomic mass is 9.89. The molecule has 0 saturated carbocycles. The molecule has 0 N–H and O–H groups in total. The predicted molar refractivity (Wildman–Crippen MR) is 112 cm³/mol. The molecule has 1 aromatic rings. The van der Waals surface area contributed by atoms with Crippen molar-refractivity contribution in [3.8, 4) is 0 Å². The number of likely N-dealkylation sites (tertiary alicyclic amines) is 1. The van der Waals surface area contributed by atoms with Gasteiger partial charge in [-0.1, -0.05) is 36.9 Å². The van der Waals surface area contributed by atoms with Gasteiger partial charge in [0.1, 0.15) is 12.2 Å². The molecule has 3 rings (SSSR count). The molecule has 7 heteroatoms. The Bertz CT molecular complexity index is 807. The summed E-state index contributed by atoms with van der Waals surface area (Å²) in [6.07, 6.45) is 0.798. The van der Waals surface area contributed by atoms with E-state index in [0.29, 0.717) is 37.9 Å². The highest BCUT2D eigenvalue weighted by atomic mass is 16.6. The van der Waals surface area contributed by atoms with Crippen LogP contribution in [0.25, 0.3) is 0 Å². The number of carbonyl (C=O) groups excluding carboxylic acids is 3. The van der Waals surface area contributed by atoms with E-state index in [-0.39, 0.29) is 30.6 Å². The van der Waals surface area contributed by atoms with E-state index in [4.69, 9.17) is 9.47 Å². The minimum atomic E-state index is -0.617. The van der Waals surface area contributed by atoms with Gasteiger partial charge in [-0.05, 0) is 51.5 Å². The monoisotopic (exact) mass is 414 g/mol. The first-order valence-corrected chi connectivity index (χ1v) is 10.4. The van der Waals surface area contributed by atoms with Crippen molar-refractivity contribution in [1.29, 1.82) is 0 Å². The molecule has 1 atom stereocenters. The summed E-state index contributed by atoms with van der Waals surface area (Å²) in [6, 6.07) is 9.37. The maximum Gasteiger partial charge on any atom is 0.417 e. The molecule has 3 amide bonds. The Balaban J connectivity index is 1.59. The van der Waals surface area contributed by atoms with Crippen LogP contribution in [0, 0.1) is 5.92 Å². The van der Waals surface area contributed by atoms with Crippen molar-refractivity contribution in [2.24, 2.45) is 5.92 Å². The SMILES string of the molecule is C=C(C(=O)N1C(=O)OC[C@H]1Cc1ccccc1)C1CCN(C(=O)OC(C)(C)C)CC1. The molecule has 0 aliphatic carbocycles. The van der Waals surface area contributed by atoms with Gasteiger partial charge in [0.05, 0.1) is 6.04 Å². The fourth-order valence-electron chi connectivity index (χ4n) is 3.81. The van der Waals surface area contributed by atoms with Crippen LogP contribution in [0.3, 0.4) is 0 Å². The van der Waals surface area contributed by atoms with Crippen LogP contribution < -0.4 is 0 Å². The molecule has 0 aromatic heterocycles. The molecule has 30 heavy (non-hydrogen) atoms. The third kappa shape index (κ3) is 5.20. The fraction of sp³-hybridized carbons (Fsp3) is 0.522. The van der Waals surface area contributed by atoms with Crippen LogP contribution in [-0.2, 0) is 20.7 Å². The number of imide groups is 1. The van der Waals surface area contributed by atoms with Gasteiger partial charge >= 0.3 is 12.2 Å². The largest absolute Gasteiger partial charge is 0.447 e. The number of benzene rings is 1. The van der Waals surface area contributed by atoms with Crippen molar-refractivity contribution in [3.05, 3.63) is 48.0 Å². The predicted octanol–water partition coefficient (Wildman–Crippen LogP) is 3.78. The first-order chi connectivity index (χ1) is 14.2. The average Bonchev–Trinajstić information content (AvgIpc) is 3.06. The molecule has 0 spiro atoms. The third-order valence-electron chi connectivity index (χ3n) is 5.41. The second kappa shape index (κ2) is 8.90. The molecule has 0 unspecified atom stereocenters. The minimum absolute atomic E-state index is 0.0815. The summed E-state index contributed by atoms with van der Waals surface area (Å²) >= 11 is 0. The summed E-state index contributed by atoms with van der Waals surface area (Å²) in [6.45, 7) is 10.7. The highest BCUT2D eigenvalue weighted by Gasteiger charge is 2.40. The van der Waals surface area contributed by atoms with Crippen molar-refractivity contribution < 1.29 is 23.9 Å². The van der Waals surface area contributed by atoms with Crippen LogP contribution in [0.5, 0.6) is 0 Å². The van der Waals surface area contributed by atoms with E-state index in [0.717, 1.165) is 5.56 Å². The van der Waals surface area contributed by atoms with E-state index in [9.17, 15) is 14.4 Å². The second-order valence-corrected chi connectivity index (χ2v) is 8.86. The number of hydrogen-bond donors (Lipinski definition) is 0. The van der Waals surface area contributed by atoms with Crippen molar-refractivity contribution in [3.63, 3.8) is 0 Å². The van der Waals surface area contributed by atoms with Crippen LogP contribution in [0.4, 0.5) is 9.59 Å². The molecule has 2 aliphatic rings. The van der Waals surface area contributed by atoms with Gasteiger partial charge in [-0.2, -0.15) is 0 Å². The molecule has 1 aromatic carbocycles. The number of carbonyl (C=O) groups is 3. The lowest BCUT2D eigenvalue weighted by Gasteiger charge is -2.34. The zero-order valence-electron chi connectivity index (χ0n) is 17.9. The Labute approximate surface area is 177 Å². The molecule has 2 aliphatic heterocycles. The van der Waals surface area contributed by atoms with E-state index < -0.39 is 11.7 Å². The normalized spacial score (nSPS) is 20.1. The Morgan fingerprint density at radius 3 is 2.40 bits per heavy atom. The van der Waals surface area contributed by atoms with E-state index in [1.54, 1.807) is 4.90 Å². The van der Waals surface area contributed by atoms with Gasteiger partial charge < -0.3 is 14.4 Å². The maximum atomic E-state index is 13.1. The molecule has 0 bridgehead atoms. The lowest BCUT2D eigenvalue weighted by molar-refractivity contribution is -0.125. The van der Waals surface area contributed by atoms with Crippen LogP contribution in [0.1, 0.15) is 39.2 Å². The number of rotatable bonds is 4. The highest BCUT2D eigenvalue weighted by Crippen LogP contribution is 2.28. The van der Waals surface area contributed by atoms with Crippen LogP contribution >= 0.6 is 0 Å². The standard InChI is InChI=1S/C23H30N2O5/c1-16(18-10-12-24(13-11-18)21(27)30-23(2,3)4)20(26)25-19(15-29-22(25)28)14-17-8-6-5-7-9-17/h5-9,18-19H,1,10-15H2,2-4H3/t19-/m1/s1. The van der Waals surface area contributed by atoms with E-state index >= 15 is 0 Å². The summed E-state index contributed by atoms with van der Waals surface area (Å²) < 4.78 is 10.6. The van der Waals surface area contributed by atoms with Crippen molar-refractivity contribution in [2.75, 3.05) is 19.7 Å². The number of hydrogen-bond acceptors (Lipinski definition) is 5. The van der Waals surface area contributed by atoms with Crippen LogP contribution in [0.2, 0.25) is 0 Å². The fourth-order valence-corrected chi connectivity index (χ4v) is 3.81. The van der Waals surface area contributed by atoms with Gasteiger partial charge in [-0.15, -0.1) is 0 Å². The Morgan fingerprint density at radius 2 is 1.80 bits per heavy atom. The molecule has 162 valence electrons. The Kier molecular flexibility index (Phi) is 6.48. The number of piperidine rings is 1. The maximum absolute atomic E-state index is 13.1. The van der Waals surface area contributed by atoms with E-state index in [2.05, 4.69) is 6.58 Å². The first-order valence-electron chi connectivity index (χ1n) is 10.4. The quantitative estimate of drug-likeness (QED) is 0.701. The summed E-state index contributed by atoms with van der Waals surface area (Å²) in [4.78, 5) is 40.4. The van der Waals surface area contributed by atoms with Gasteiger partial charge in [0.2, 0.25) is 0 Å².